The van der Waals surface area contributed by atoms with Gasteiger partial charge in [0.15, 0.2) is 0 Å². The first-order chi connectivity index (χ1) is 7.80. The van der Waals surface area contributed by atoms with Crippen LogP contribution in [-0.2, 0) is 4.79 Å². The molecule has 0 aromatic rings. The maximum absolute atomic E-state index is 12.0. The smallest absolute Gasteiger partial charge is 0.223 e. The molecule has 1 rings (SSSR count). The molecule has 1 saturated carbocycles. The summed E-state index contributed by atoms with van der Waals surface area (Å²) in [6.45, 7) is 9.61. The number of amides is 1. The highest BCUT2D eigenvalue weighted by atomic mass is 16.1. The van der Waals surface area contributed by atoms with E-state index in [2.05, 4.69) is 33.0 Å². The fourth-order valence-corrected chi connectivity index (χ4v) is 2.09. The van der Waals surface area contributed by atoms with Crippen molar-refractivity contribution in [2.45, 2.75) is 59.4 Å². The standard InChI is InChI=1S/C14H28N2O/c1-10(14(2,3)4)9-16-13(17)11-5-7-12(15)8-6-11/h10-12H,5-9,15H2,1-4H3,(H,16,17). The van der Waals surface area contributed by atoms with Crippen LogP contribution in [0.2, 0.25) is 0 Å². The van der Waals surface area contributed by atoms with Gasteiger partial charge in [-0.2, -0.15) is 0 Å². The Morgan fingerprint density at radius 1 is 1.29 bits per heavy atom. The summed E-state index contributed by atoms with van der Waals surface area (Å²) < 4.78 is 0. The van der Waals surface area contributed by atoms with E-state index in [-0.39, 0.29) is 17.2 Å². The molecule has 0 aromatic heterocycles. The van der Waals surface area contributed by atoms with Crippen molar-refractivity contribution in [3.8, 4) is 0 Å². The summed E-state index contributed by atoms with van der Waals surface area (Å²) in [7, 11) is 0. The Kier molecular flexibility index (Phi) is 4.99. The van der Waals surface area contributed by atoms with E-state index in [9.17, 15) is 4.79 Å². The fraction of sp³-hybridized carbons (Fsp3) is 0.929. The summed E-state index contributed by atoms with van der Waals surface area (Å²) in [5.41, 5.74) is 6.10. The van der Waals surface area contributed by atoms with Gasteiger partial charge in [0.05, 0.1) is 0 Å². The van der Waals surface area contributed by atoms with Gasteiger partial charge in [0, 0.05) is 18.5 Å². The first-order valence-electron chi connectivity index (χ1n) is 6.84. The Hall–Kier alpha value is -0.570. The molecule has 0 aliphatic heterocycles. The van der Waals surface area contributed by atoms with Gasteiger partial charge >= 0.3 is 0 Å². The van der Waals surface area contributed by atoms with E-state index in [4.69, 9.17) is 5.73 Å². The highest BCUT2D eigenvalue weighted by molar-refractivity contribution is 5.78. The molecule has 1 atom stereocenters. The van der Waals surface area contributed by atoms with Crippen molar-refractivity contribution in [1.82, 2.24) is 5.32 Å². The molecule has 0 spiro atoms. The van der Waals surface area contributed by atoms with E-state index in [0.29, 0.717) is 12.0 Å². The summed E-state index contributed by atoms with van der Waals surface area (Å²) in [5, 5.41) is 3.09. The van der Waals surface area contributed by atoms with Crippen LogP contribution in [0.15, 0.2) is 0 Å². The lowest BCUT2D eigenvalue weighted by Crippen LogP contribution is -2.39. The minimum Gasteiger partial charge on any atom is -0.356 e. The second kappa shape index (κ2) is 5.85. The third-order valence-corrected chi connectivity index (χ3v) is 4.20. The van der Waals surface area contributed by atoms with Crippen molar-refractivity contribution < 1.29 is 4.79 Å². The van der Waals surface area contributed by atoms with Crippen molar-refractivity contribution in [2.24, 2.45) is 23.0 Å². The molecule has 1 aliphatic carbocycles. The maximum Gasteiger partial charge on any atom is 0.223 e. The van der Waals surface area contributed by atoms with Crippen LogP contribution in [0, 0.1) is 17.3 Å². The molecule has 0 aromatic carbocycles. The Morgan fingerprint density at radius 3 is 2.29 bits per heavy atom. The Morgan fingerprint density at radius 2 is 1.82 bits per heavy atom. The summed E-state index contributed by atoms with van der Waals surface area (Å²) in [5.74, 6) is 0.923. The second-order valence-corrected chi connectivity index (χ2v) is 6.62. The average molecular weight is 240 g/mol. The molecular weight excluding hydrogens is 212 g/mol. The molecule has 100 valence electrons. The van der Waals surface area contributed by atoms with Gasteiger partial charge in [-0.25, -0.2) is 0 Å². The molecule has 0 saturated heterocycles. The lowest BCUT2D eigenvalue weighted by Gasteiger charge is -2.29. The summed E-state index contributed by atoms with van der Waals surface area (Å²) in [6, 6.07) is 0.313. The maximum atomic E-state index is 12.0. The summed E-state index contributed by atoms with van der Waals surface area (Å²) >= 11 is 0. The first kappa shape index (κ1) is 14.5. The van der Waals surface area contributed by atoms with Gasteiger partial charge in [0.25, 0.3) is 0 Å². The minimum absolute atomic E-state index is 0.196. The predicted molar refractivity (Wildman–Crippen MR) is 71.6 cm³/mol. The van der Waals surface area contributed by atoms with E-state index in [1.807, 2.05) is 0 Å². The predicted octanol–water partition coefficient (Wildman–Crippen LogP) is 2.30. The zero-order valence-corrected chi connectivity index (χ0v) is 11.8. The van der Waals surface area contributed by atoms with Crippen molar-refractivity contribution in [3.05, 3.63) is 0 Å². The number of nitrogens with one attached hydrogen (secondary N) is 1. The lowest BCUT2D eigenvalue weighted by molar-refractivity contribution is -0.126. The normalized spacial score (nSPS) is 27.6. The quantitative estimate of drug-likeness (QED) is 0.795. The van der Waals surface area contributed by atoms with Gasteiger partial charge in [0.2, 0.25) is 5.91 Å². The number of hydrogen-bond acceptors (Lipinski definition) is 2. The van der Waals surface area contributed by atoms with Crippen molar-refractivity contribution in [3.63, 3.8) is 0 Å². The Labute approximate surface area is 106 Å². The van der Waals surface area contributed by atoms with Crippen molar-refractivity contribution in [1.29, 1.82) is 0 Å². The zero-order chi connectivity index (χ0) is 13.1. The van der Waals surface area contributed by atoms with Crippen LogP contribution in [0.1, 0.15) is 53.4 Å². The van der Waals surface area contributed by atoms with Crippen LogP contribution < -0.4 is 11.1 Å². The highest BCUT2D eigenvalue weighted by Crippen LogP contribution is 2.26. The van der Waals surface area contributed by atoms with Gasteiger partial charge in [-0.1, -0.05) is 27.7 Å². The molecule has 3 N–H and O–H groups in total. The lowest BCUT2D eigenvalue weighted by atomic mass is 9.81. The molecule has 1 unspecified atom stereocenters. The van der Waals surface area contributed by atoms with E-state index in [1.165, 1.54) is 0 Å². The molecule has 1 amide bonds. The Balaban J connectivity index is 2.30. The van der Waals surface area contributed by atoms with E-state index in [0.717, 1.165) is 32.2 Å². The minimum atomic E-state index is 0.196. The molecule has 3 nitrogen and oxygen atoms in total. The molecule has 3 heteroatoms. The number of hydrogen-bond donors (Lipinski definition) is 2. The number of carbonyl (C=O) groups is 1. The molecule has 0 bridgehead atoms. The summed E-state index contributed by atoms with van der Waals surface area (Å²) in [4.78, 5) is 12.0. The van der Waals surface area contributed by atoms with Gasteiger partial charge in [0.1, 0.15) is 0 Å². The second-order valence-electron chi connectivity index (χ2n) is 6.62. The molecule has 1 fully saturated rings. The van der Waals surface area contributed by atoms with E-state index >= 15 is 0 Å². The molecule has 0 radical (unpaired) electrons. The fourth-order valence-electron chi connectivity index (χ4n) is 2.09. The first-order valence-corrected chi connectivity index (χ1v) is 6.84. The van der Waals surface area contributed by atoms with Crippen LogP contribution >= 0.6 is 0 Å². The van der Waals surface area contributed by atoms with Crippen LogP contribution in [-0.4, -0.2) is 18.5 Å². The molecule has 1 aliphatic rings. The van der Waals surface area contributed by atoms with Crippen LogP contribution in [0.3, 0.4) is 0 Å². The van der Waals surface area contributed by atoms with Crippen molar-refractivity contribution in [2.75, 3.05) is 6.54 Å². The SMILES string of the molecule is CC(CNC(=O)C1CCC(N)CC1)C(C)(C)C. The van der Waals surface area contributed by atoms with Gasteiger partial charge in [-0.3, -0.25) is 4.79 Å². The number of nitrogens with two attached hydrogens (primary N) is 1. The van der Waals surface area contributed by atoms with Crippen LogP contribution in [0.4, 0.5) is 0 Å². The van der Waals surface area contributed by atoms with Gasteiger partial charge in [-0.15, -0.1) is 0 Å². The molecule has 0 heterocycles. The molecule has 17 heavy (non-hydrogen) atoms. The van der Waals surface area contributed by atoms with E-state index in [1.54, 1.807) is 0 Å². The largest absolute Gasteiger partial charge is 0.356 e. The van der Waals surface area contributed by atoms with E-state index < -0.39 is 0 Å². The van der Waals surface area contributed by atoms with Gasteiger partial charge < -0.3 is 11.1 Å². The third kappa shape index (κ3) is 4.66. The highest BCUT2D eigenvalue weighted by Gasteiger charge is 2.26. The number of carbonyl (C=O) groups excluding carboxylic acids is 1. The van der Waals surface area contributed by atoms with Gasteiger partial charge in [-0.05, 0) is 37.0 Å². The van der Waals surface area contributed by atoms with Crippen LogP contribution in [0.5, 0.6) is 0 Å². The third-order valence-electron chi connectivity index (χ3n) is 4.20. The topological polar surface area (TPSA) is 55.1 Å². The average Bonchev–Trinajstić information content (AvgIpc) is 2.25. The molecular formula is C14H28N2O. The summed E-state index contributed by atoms with van der Waals surface area (Å²) in [6.07, 6.45) is 3.90. The monoisotopic (exact) mass is 240 g/mol. The van der Waals surface area contributed by atoms with Crippen LogP contribution in [0.25, 0.3) is 0 Å². The van der Waals surface area contributed by atoms with Crippen molar-refractivity contribution >= 4 is 5.91 Å². The Bertz CT molecular complexity index is 249. The number of rotatable bonds is 3. The zero-order valence-electron chi connectivity index (χ0n) is 11.8.